The molecule has 0 heterocycles. The summed E-state index contributed by atoms with van der Waals surface area (Å²) in [5.41, 5.74) is 7.39. The van der Waals surface area contributed by atoms with Gasteiger partial charge >= 0.3 is 0 Å². The maximum Gasteiger partial charge on any atom is 0.161 e. The Balaban J connectivity index is 2.15. The lowest BCUT2D eigenvalue weighted by atomic mass is 10.1. The number of benzene rings is 2. The van der Waals surface area contributed by atoms with Gasteiger partial charge in [0.2, 0.25) is 0 Å². The number of methoxy groups -OCH3 is 1. The molecular formula is C16H18FNO3. The Bertz CT molecular complexity index is 587. The molecule has 0 saturated carbocycles. The smallest absolute Gasteiger partial charge is 0.161 e. The van der Waals surface area contributed by atoms with E-state index in [4.69, 9.17) is 20.3 Å². The van der Waals surface area contributed by atoms with E-state index in [1.807, 2.05) is 0 Å². The Morgan fingerprint density at radius 2 is 1.86 bits per heavy atom. The molecule has 5 heteroatoms. The van der Waals surface area contributed by atoms with Crippen LogP contribution in [0.5, 0.6) is 11.5 Å². The van der Waals surface area contributed by atoms with Crippen LogP contribution in [0.2, 0.25) is 0 Å². The summed E-state index contributed by atoms with van der Waals surface area (Å²) in [5.74, 6) is 0.821. The van der Waals surface area contributed by atoms with E-state index in [2.05, 4.69) is 0 Å². The van der Waals surface area contributed by atoms with Crippen LogP contribution in [-0.2, 0) is 6.61 Å². The van der Waals surface area contributed by atoms with Crippen molar-refractivity contribution >= 4 is 0 Å². The molecular weight excluding hydrogens is 273 g/mol. The second-order valence-corrected chi connectivity index (χ2v) is 4.61. The van der Waals surface area contributed by atoms with Crippen molar-refractivity contribution in [2.45, 2.75) is 12.6 Å². The normalized spacial score (nSPS) is 12.0. The molecule has 0 radical (unpaired) electrons. The van der Waals surface area contributed by atoms with Gasteiger partial charge in [-0.2, -0.15) is 0 Å². The average Bonchev–Trinajstić information content (AvgIpc) is 2.53. The van der Waals surface area contributed by atoms with E-state index in [0.29, 0.717) is 11.5 Å². The number of hydrogen-bond donors (Lipinski definition) is 2. The maximum atomic E-state index is 12.9. The molecule has 4 nitrogen and oxygen atoms in total. The molecule has 2 aromatic rings. The quantitative estimate of drug-likeness (QED) is 0.858. The summed E-state index contributed by atoms with van der Waals surface area (Å²) in [5, 5.41) is 9.11. The van der Waals surface area contributed by atoms with Gasteiger partial charge in [0.05, 0.1) is 19.8 Å². The second kappa shape index (κ2) is 7.06. The van der Waals surface area contributed by atoms with Crippen LogP contribution >= 0.6 is 0 Å². The predicted octanol–water partition coefficient (Wildman–Crippen LogP) is 2.41. The van der Waals surface area contributed by atoms with Crippen LogP contribution in [0.4, 0.5) is 4.39 Å². The third kappa shape index (κ3) is 3.93. The second-order valence-electron chi connectivity index (χ2n) is 4.61. The zero-order valence-corrected chi connectivity index (χ0v) is 11.8. The molecule has 112 valence electrons. The fraction of sp³-hybridized carbons (Fsp3) is 0.250. The SMILES string of the molecule is COc1ccc([C@H](N)CO)cc1OCc1ccc(F)cc1. The van der Waals surface area contributed by atoms with Crippen LogP contribution in [0.3, 0.4) is 0 Å². The van der Waals surface area contributed by atoms with Crippen LogP contribution in [0.1, 0.15) is 17.2 Å². The topological polar surface area (TPSA) is 64.7 Å². The zero-order chi connectivity index (χ0) is 15.2. The molecule has 2 aromatic carbocycles. The molecule has 0 aliphatic carbocycles. The third-order valence-electron chi connectivity index (χ3n) is 3.12. The number of aliphatic hydroxyl groups is 1. The first-order valence-corrected chi connectivity index (χ1v) is 6.55. The van der Waals surface area contributed by atoms with Gasteiger partial charge in [0, 0.05) is 0 Å². The van der Waals surface area contributed by atoms with Gasteiger partial charge in [-0.1, -0.05) is 18.2 Å². The van der Waals surface area contributed by atoms with Gasteiger partial charge in [-0.3, -0.25) is 0 Å². The highest BCUT2D eigenvalue weighted by molar-refractivity contribution is 5.44. The standard InChI is InChI=1S/C16H18FNO3/c1-20-15-7-4-12(14(18)9-19)8-16(15)21-10-11-2-5-13(17)6-3-11/h2-8,14,19H,9-10,18H2,1H3/t14-/m1/s1. The van der Waals surface area contributed by atoms with Crippen molar-refractivity contribution in [1.82, 2.24) is 0 Å². The minimum atomic E-state index is -0.468. The highest BCUT2D eigenvalue weighted by atomic mass is 19.1. The van der Waals surface area contributed by atoms with Crippen molar-refractivity contribution < 1.29 is 19.0 Å². The molecule has 3 N–H and O–H groups in total. The molecule has 0 aliphatic rings. The molecule has 0 aliphatic heterocycles. The molecule has 21 heavy (non-hydrogen) atoms. The summed E-state index contributed by atoms with van der Waals surface area (Å²) >= 11 is 0. The van der Waals surface area contributed by atoms with Crippen molar-refractivity contribution in [3.63, 3.8) is 0 Å². The lowest BCUT2D eigenvalue weighted by Gasteiger charge is -2.14. The lowest BCUT2D eigenvalue weighted by molar-refractivity contribution is 0.265. The van der Waals surface area contributed by atoms with E-state index in [9.17, 15) is 4.39 Å². The average molecular weight is 291 g/mol. The monoisotopic (exact) mass is 291 g/mol. The van der Waals surface area contributed by atoms with Gasteiger partial charge < -0.3 is 20.3 Å². The van der Waals surface area contributed by atoms with Crippen molar-refractivity contribution in [2.24, 2.45) is 5.73 Å². The zero-order valence-electron chi connectivity index (χ0n) is 11.8. The third-order valence-corrected chi connectivity index (χ3v) is 3.12. The molecule has 2 rings (SSSR count). The molecule has 0 aromatic heterocycles. The van der Waals surface area contributed by atoms with E-state index in [-0.39, 0.29) is 19.0 Å². The Labute approximate surface area is 122 Å². The predicted molar refractivity (Wildman–Crippen MR) is 77.7 cm³/mol. The first-order chi connectivity index (χ1) is 10.1. The van der Waals surface area contributed by atoms with Gasteiger partial charge in [0.25, 0.3) is 0 Å². The molecule has 0 amide bonds. The number of aliphatic hydroxyl groups excluding tert-OH is 1. The van der Waals surface area contributed by atoms with Gasteiger partial charge in [0.15, 0.2) is 11.5 Å². The number of halogens is 1. The Morgan fingerprint density at radius 3 is 2.48 bits per heavy atom. The molecule has 0 unspecified atom stereocenters. The highest BCUT2D eigenvalue weighted by Gasteiger charge is 2.10. The summed E-state index contributed by atoms with van der Waals surface area (Å²) in [6, 6.07) is 10.9. The fourth-order valence-corrected chi connectivity index (χ4v) is 1.88. The molecule has 0 bridgehead atoms. The van der Waals surface area contributed by atoms with E-state index in [1.165, 1.54) is 12.1 Å². The van der Waals surface area contributed by atoms with E-state index in [0.717, 1.165) is 11.1 Å². The molecule has 0 spiro atoms. The van der Waals surface area contributed by atoms with Gasteiger partial charge in [-0.25, -0.2) is 4.39 Å². The van der Waals surface area contributed by atoms with Crippen LogP contribution in [-0.4, -0.2) is 18.8 Å². The number of hydrogen-bond acceptors (Lipinski definition) is 4. The summed E-state index contributed by atoms with van der Waals surface area (Å²) < 4.78 is 23.8. The molecule has 0 saturated heterocycles. The van der Waals surface area contributed by atoms with E-state index in [1.54, 1.807) is 37.4 Å². The van der Waals surface area contributed by atoms with Crippen molar-refractivity contribution in [1.29, 1.82) is 0 Å². The van der Waals surface area contributed by atoms with E-state index < -0.39 is 6.04 Å². The van der Waals surface area contributed by atoms with Gasteiger partial charge in [-0.15, -0.1) is 0 Å². The van der Waals surface area contributed by atoms with Crippen LogP contribution in [0.15, 0.2) is 42.5 Å². The van der Waals surface area contributed by atoms with Crippen molar-refractivity contribution in [3.05, 3.63) is 59.4 Å². The Hall–Kier alpha value is -2.11. The summed E-state index contributed by atoms with van der Waals surface area (Å²) in [4.78, 5) is 0. The number of rotatable bonds is 6. The van der Waals surface area contributed by atoms with Gasteiger partial charge in [-0.05, 0) is 35.4 Å². The highest BCUT2D eigenvalue weighted by Crippen LogP contribution is 2.30. The van der Waals surface area contributed by atoms with Crippen molar-refractivity contribution in [2.75, 3.05) is 13.7 Å². The Morgan fingerprint density at radius 1 is 1.14 bits per heavy atom. The van der Waals surface area contributed by atoms with Crippen LogP contribution in [0.25, 0.3) is 0 Å². The minimum absolute atomic E-state index is 0.149. The minimum Gasteiger partial charge on any atom is -0.493 e. The summed E-state index contributed by atoms with van der Waals surface area (Å²) in [6.07, 6.45) is 0. The molecule has 0 fully saturated rings. The van der Waals surface area contributed by atoms with E-state index >= 15 is 0 Å². The fourth-order valence-electron chi connectivity index (χ4n) is 1.88. The first-order valence-electron chi connectivity index (χ1n) is 6.55. The largest absolute Gasteiger partial charge is 0.493 e. The summed E-state index contributed by atoms with van der Waals surface area (Å²) in [7, 11) is 1.55. The number of nitrogens with two attached hydrogens (primary N) is 1. The first kappa shape index (κ1) is 15.3. The molecule has 1 atom stereocenters. The van der Waals surface area contributed by atoms with Gasteiger partial charge in [0.1, 0.15) is 12.4 Å². The Kier molecular flexibility index (Phi) is 5.14. The van der Waals surface area contributed by atoms with Crippen LogP contribution in [0, 0.1) is 5.82 Å². The van der Waals surface area contributed by atoms with Crippen LogP contribution < -0.4 is 15.2 Å². The lowest BCUT2D eigenvalue weighted by Crippen LogP contribution is -2.14. The maximum absolute atomic E-state index is 12.9. The number of ether oxygens (including phenoxy) is 2. The van der Waals surface area contributed by atoms with Crippen molar-refractivity contribution in [3.8, 4) is 11.5 Å². The summed E-state index contributed by atoms with van der Waals surface area (Å²) in [6.45, 7) is 0.137.